The average Bonchev–Trinajstić information content (AvgIpc) is 3.43. The van der Waals surface area contributed by atoms with Crippen LogP contribution in [0.1, 0.15) is 0 Å². The van der Waals surface area contributed by atoms with E-state index in [0.29, 0.717) is 0 Å². The molecular formula is C32H19N3. The highest BCUT2D eigenvalue weighted by atomic mass is 15.1. The van der Waals surface area contributed by atoms with Gasteiger partial charge in [-0.15, -0.1) is 0 Å². The van der Waals surface area contributed by atoms with Gasteiger partial charge in [-0.2, -0.15) is 0 Å². The lowest BCUT2D eigenvalue weighted by atomic mass is 10.0. The van der Waals surface area contributed by atoms with Crippen molar-refractivity contribution >= 4 is 32.7 Å². The summed E-state index contributed by atoms with van der Waals surface area (Å²) in [5.41, 5.74) is 10.6. The Morgan fingerprint density at radius 2 is 1.40 bits per heavy atom. The summed E-state index contributed by atoms with van der Waals surface area (Å²) in [4.78, 5) is 9.62. The summed E-state index contributed by atoms with van der Waals surface area (Å²) in [6.45, 7) is 0. The molecule has 0 saturated heterocycles. The largest absolute Gasteiger partial charge is 0.294 e. The predicted molar refractivity (Wildman–Crippen MR) is 144 cm³/mol. The smallest absolute Gasteiger partial charge is 0.138 e. The van der Waals surface area contributed by atoms with Crippen LogP contribution in [-0.2, 0) is 0 Å². The van der Waals surface area contributed by atoms with Gasteiger partial charge in [-0.1, -0.05) is 66.7 Å². The first-order valence-corrected chi connectivity index (χ1v) is 11.8. The first-order valence-electron chi connectivity index (χ1n) is 11.8. The number of hydrogen-bond donors (Lipinski definition) is 0. The third kappa shape index (κ3) is 2.55. The quantitative estimate of drug-likeness (QED) is 0.269. The lowest BCUT2D eigenvalue weighted by molar-refractivity contribution is 1.10. The highest BCUT2D eigenvalue weighted by Crippen LogP contribution is 2.47. The molecule has 162 valence electrons. The molecule has 0 N–H and O–H groups in total. The summed E-state index contributed by atoms with van der Waals surface area (Å²) in [5, 5.41) is 3.68. The lowest BCUT2D eigenvalue weighted by Crippen LogP contribution is -1.98. The maximum Gasteiger partial charge on any atom is 0.138 e. The van der Waals surface area contributed by atoms with E-state index >= 15 is 0 Å². The van der Waals surface area contributed by atoms with Crippen LogP contribution in [0.15, 0.2) is 116 Å². The second-order valence-electron chi connectivity index (χ2n) is 9.10. The van der Waals surface area contributed by atoms with Crippen molar-refractivity contribution in [2.45, 2.75) is 0 Å². The monoisotopic (exact) mass is 445 g/mol. The van der Waals surface area contributed by atoms with Gasteiger partial charge in [0.2, 0.25) is 0 Å². The highest BCUT2D eigenvalue weighted by Gasteiger charge is 2.24. The normalized spacial score (nSPS) is 12.0. The number of rotatable bonds is 2. The fraction of sp³-hybridized carbons (Fsp3) is 0. The molecule has 0 unspecified atom stereocenters. The summed E-state index contributed by atoms with van der Waals surface area (Å²) in [6, 6.07) is 36.7. The van der Waals surface area contributed by atoms with Crippen molar-refractivity contribution in [3.63, 3.8) is 0 Å². The zero-order valence-corrected chi connectivity index (χ0v) is 18.8. The molecule has 4 aromatic carbocycles. The molecule has 3 aromatic heterocycles. The summed E-state index contributed by atoms with van der Waals surface area (Å²) >= 11 is 0. The van der Waals surface area contributed by atoms with Gasteiger partial charge < -0.3 is 0 Å². The minimum absolute atomic E-state index is 0.931. The van der Waals surface area contributed by atoms with Crippen molar-refractivity contribution in [2.75, 3.05) is 0 Å². The maximum atomic E-state index is 5.19. The molecule has 1 aliphatic carbocycles. The number of fused-ring (bicyclic) bond motifs is 6. The molecule has 0 atom stereocenters. The number of para-hydroxylation sites is 1. The van der Waals surface area contributed by atoms with Gasteiger partial charge in [0.1, 0.15) is 5.82 Å². The van der Waals surface area contributed by atoms with Gasteiger partial charge in [-0.25, -0.2) is 4.98 Å². The van der Waals surface area contributed by atoms with Crippen molar-refractivity contribution in [3.05, 3.63) is 116 Å². The zero-order chi connectivity index (χ0) is 22.9. The first kappa shape index (κ1) is 18.6. The second-order valence-corrected chi connectivity index (χ2v) is 9.10. The fourth-order valence-electron chi connectivity index (χ4n) is 5.70. The van der Waals surface area contributed by atoms with Crippen molar-refractivity contribution in [1.82, 2.24) is 14.5 Å². The van der Waals surface area contributed by atoms with E-state index in [9.17, 15) is 0 Å². The second kappa shape index (κ2) is 6.87. The molecule has 0 bridgehead atoms. The molecule has 0 fully saturated rings. The minimum atomic E-state index is 0.931. The SMILES string of the molecule is c1ccc(-c2ccc3c(c2)c2ccccc2n3-c2cc3c4c(cccc4n2)-c2ccncc2-3)cc1. The van der Waals surface area contributed by atoms with Crippen LogP contribution in [0.4, 0.5) is 0 Å². The van der Waals surface area contributed by atoms with E-state index in [0.717, 1.165) is 22.4 Å². The lowest BCUT2D eigenvalue weighted by Gasteiger charge is -2.11. The standard InChI is InChI=1S/C32H19N3/c1-2-7-20(8-3-1)21-13-14-30-25(17-21)23-9-4-5-12-29(23)35(30)31-18-26-27-19-33-16-15-22(27)24-10-6-11-28(34-31)32(24)26/h1-19H. The molecule has 7 aromatic rings. The summed E-state index contributed by atoms with van der Waals surface area (Å²) in [7, 11) is 0. The third-order valence-corrected chi connectivity index (χ3v) is 7.23. The Kier molecular flexibility index (Phi) is 3.66. The molecule has 0 spiro atoms. The molecular weight excluding hydrogens is 426 g/mol. The van der Waals surface area contributed by atoms with Gasteiger partial charge >= 0.3 is 0 Å². The van der Waals surface area contributed by atoms with E-state index in [2.05, 4.69) is 113 Å². The van der Waals surface area contributed by atoms with Crippen molar-refractivity contribution in [1.29, 1.82) is 0 Å². The van der Waals surface area contributed by atoms with Crippen LogP contribution >= 0.6 is 0 Å². The summed E-state index contributed by atoms with van der Waals surface area (Å²) < 4.78 is 2.30. The third-order valence-electron chi connectivity index (χ3n) is 7.23. The van der Waals surface area contributed by atoms with Crippen LogP contribution in [-0.4, -0.2) is 14.5 Å². The molecule has 3 heterocycles. The summed E-state index contributed by atoms with van der Waals surface area (Å²) in [5.74, 6) is 0.931. The van der Waals surface area contributed by atoms with Crippen LogP contribution in [0.2, 0.25) is 0 Å². The van der Waals surface area contributed by atoms with E-state index in [4.69, 9.17) is 4.98 Å². The van der Waals surface area contributed by atoms with E-state index < -0.39 is 0 Å². The van der Waals surface area contributed by atoms with Gasteiger partial charge in [-0.3, -0.25) is 9.55 Å². The van der Waals surface area contributed by atoms with Crippen LogP contribution in [0.25, 0.3) is 71.9 Å². The number of nitrogens with zero attached hydrogens (tertiary/aromatic N) is 3. The molecule has 3 heteroatoms. The van der Waals surface area contributed by atoms with Gasteiger partial charge in [0.05, 0.1) is 16.6 Å². The van der Waals surface area contributed by atoms with Gasteiger partial charge in [-0.05, 0) is 64.2 Å². The van der Waals surface area contributed by atoms with Gasteiger partial charge in [0.25, 0.3) is 0 Å². The van der Waals surface area contributed by atoms with Crippen molar-refractivity contribution in [3.8, 4) is 39.2 Å². The maximum absolute atomic E-state index is 5.19. The van der Waals surface area contributed by atoms with Crippen LogP contribution < -0.4 is 0 Å². The van der Waals surface area contributed by atoms with Gasteiger partial charge in [0.15, 0.2) is 0 Å². The van der Waals surface area contributed by atoms with Crippen LogP contribution in [0, 0.1) is 0 Å². The first-order chi connectivity index (χ1) is 17.4. The molecule has 0 amide bonds. The Morgan fingerprint density at radius 3 is 2.34 bits per heavy atom. The molecule has 0 aliphatic heterocycles. The minimum Gasteiger partial charge on any atom is -0.294 e. The van der Waals surface area contributed by atoms with E-state index in [1.807, 2.05) is 12.4 Å². The molecule has 0 saturated carbocycles. The molecule has 1 aliphatic rings. The van der Waals surface area contributed by atoms with Crippen molar-refractivity contribution in [2.24, 2.45) is 0 Å². The number of hydrogen-bond acceptors (Lipinski definition) is 2. The van der Waals surface area contributed by atoms with E-state index in [-0.39, 0.29) is 0 Å². The number of benzene rings is 4. The topological polar surface area (TPSA) is 30.7 Å². The molecule has 8 rings (SSSR count). The number of aromatic nitrogens is 3. The Labute approximate surface area is 202 Å². The van der Waals surface area contributed by atoms with E-state index in [1.54, 1.807) is 0 Å². The van der Waals surface area contributed by atoms with Crippen LogP contribution in [0.3, 0.4) is 0 Å². The number of pyridine rings is 2. The Hall–Kier alpha value is -4.76. The highest BCUT2D eigenvalue weighted by molar-refractivity contribution is 6.15. The molecule has 3 nitrogen and oxygen atoms in total. The fourth-order valence-corrected chi connectivity index (χ4v) is 5.70. The molecule has 0 radical (unpaired) electrons. The van der Waals surface area contributed by atoms with Crippen molar-refractivity contribution < 1.29 is 0 Å². The van der Waals surface area contributed by atoms with Gasteiger partial charge in [0, 0.05) is 34.1 Å². The average molecular weight is 446 g/mol. The van der Waals surface area contributed by atoms with Crippen LogP contribution in [0.5, 0.6) is 0 Å². The Balaban J connectivity index is 1.45. The summed E-state index contributed by atoms with van der Waals surface area (Å²) in [6.07, 6.45) is 3.85. The predicted octanol–water partition coefficient (Wildman–Crippen LogP) is 8.04. The zero-order valence-electron chi connectivity index (χ0n) is 18.8. The Bertz CT molecular complexity index is 1950. The van der Waals surface area contributed by atoms with E-state index in [1.165, 1.54) is 49.5 Å². The Morgan fingerprint density at radius 1 is 0.543 bits per heavy atom. The molecule has 35 heavy (non-hydrogen) atoms.